The van der Waals surface area contributed by atoms with E-state index >= 15 is 0 Å². The third-order valence-electron chi connectivity index (χ3n) is 4.68. The molecule has 1 amide bonds. The van der Waals surface area contributed by atoms with Crippen LogP contribution in [0, 0.1) is 5.92 Å². The molecule has 1 aliphatic rings. The molecule has 0 aliphatic carbocycles. The molecule has 6 nitrogen and oxygen atoms in total. The van der Waals surface area contributed by atoms with Crippen molar-refractivity contribution in [3.05, 3.63) is 58.6 Å². The summed E-state index contributed by atoms with van der Waals surface area (Å²) in [6.07, 6.45) is 0.477. The quantitative estimate of drug-likeness (QED) is 0.645. The van der Waals surface area contributed by atoms with Crippen LogP contribution in [0.25, 0.3) is 0 Å². The van der Waals surface area contributed by atoms with Gasteiger partial charge in [-0.25, -0.2) is 0 Å². The Kier molecular flexibility index (Phi) is 6.99. The highest BCUT2D eigenvalue weighted by molar-refractivity contribution is 6.30. The minimum Gasteiger partial charge on any atom is -0.494 e. The summed E-state index contributed by atoms with van der Waals surface area (Å²) in [5.41, 5.74) is 1.83. The van der Waals surface area contributed by atoms with E-state index in [2.05, 4.69) is 0 Å². The van der Waals surface area contributed by atoms with Crippen LogP contribution in [-0.2, 0) is 27.3 Å². The number of carbonyl (C=O) groups excluding carboxylic acids is 2. The number of amides is 1. The van der Waals surface area contributed by atoms with Gasteiger partial charge in [-0.3, -0.25) is 9.59 Å². The Hall–Kier alpha value is -2.73. The first kappa shape index (κ1) is 21.0. The van der Waals surface area contributed by atoms with Crippen molar-refractivity contribution in [3.8, 4) is 11.5 Å². The number of hydrogen-bond donors (Lipinski definition) is 0. The molecule has 2 aromatic rings. The fraction of sp³-hybridized carbons (Fsp3) is 0.364. The van der Waals surface area contributed by atoms with Crippen molar-refractivity contribution in [1.82, 2.24) is 4.90 Å². The predicted octanol–water partition coefficient (Wildman–Crippen LogP) is 3.49. The van der Waals surface area contributed by atoms with Crippen molar-refractivity contribution in [2.24, 2.45) is 5.92 Å². The van der Waals surface area contributed by atoms with Crippen LogP contribution in [0.3, 0.4) is 0 Å². The van der Waals surface area contributed by atoms with Gasteiger partial charge in [0.05, 0.1) is 12.5 Å². The first-order valence-electron chi connectivity index (χ1n) is 9.50. The molecule has 0 unspecified atom stereocenters. The van der Waals surface area contributed by atoms with Crippen molar-refractivity contribution < 1.29 is 23.8 Å². The highest BCUT2D eigenvalue weighted by Crippen LogP contribution is 2.30. The van der Waals surface area contributed by atoms with E-state index in [0.29, 0.717) is 24.6 Å². The molecule has 1 heterocycles. The van der Waals surface area contributed by atoms with Gasteiger partial charge in [-0.2, -0.15) is 0 Å². The zero-order valence-corrected chi connectivity index (χ0v) is 17.3. The van der Waals surface area contributed by atoms with Crippen molar-refractivity contribution in [2.45, 2.75) is 19.9 Å². The van der Waals surface area contributed by atoms with Gasteiger partial charge in [-0.1, -0.05) is 23.7 Å². The summed E-state index contributed by atoms with van der Waals surface area (Å²) < 4.78 is 16.3. The van der Waals surface area contributed by atoms with Crippen molar-refractivity contribution >= 4 is 23.5 Å². The summed E-state index contributed by atoms with van der Waals surface area (Å²) in [6, 6.07) is 12.9. The molecule has 0 bridgehead atoms. The number of benzene rings is 2. The SMILES string of the molecule is CCOc1ccc(CN(C)C(=O)COC(=O)[C@@H]2COc3ccc(Cl)cc3C2)cc1. The van der Waals surface area contributed by atoms with Crippen LogP contribution in [-0.4, -0.2) is 43.6 Å². The molecule has 2 aromatic carbocycles. The lowest BCUT2D eigenvalue weighted by molar-refractivity contribution is -0.156. The van der Waals surface area contributed by atoms with Gasteiger partial charge in [0.1, 0.15) is 18.1 Å². The monoisotopic (exact) mass is 417 g/mol. The summed E-state index contributed by atoms with van der Waals surface area (Å²) in [7, 11) is 1.68. The number of hydrogen-bond acceptors (Lipinski definition) is 5. The maximum Gasteiger partial charge on any atom is 0.313 e. The molecule has 0 aromatic heterocycles. The Morgan fingerprint density at radius 1 is 1.21 bits per heavy atom. The molecule has 29 heavy (non-hydrogen) atoms. The van der Waals surface area contributed by atoms with E-state index in [9.17, 15) is 9.59 Å². The average molecular weight is 418 g/mol. The Morgan fingerprint density at radius 2 is 1.97 bits per heavy atom. The summed E-state index contributed by atoms with van der Waals surface area (Å²) >= 11 is 6.00. The van der Waals surface area contributed by atoms with Gasteiger partial charge in [0, 0.05) is 18.6 Å². The van der Waals surface area contributed by atoms with Gasteiger partial charge < -0.3 is 19.1 Å². The van der Waals surface area contributed by atoms with E-state index in [1.807, 2.05) is 31.2 Å². The molecule has 3 rings (SSSR count). The van der Waals surface area contributed by atoms with E-state index < -0.39 is 11.9 Å². The number of likely N-dealkylation sites (N-methyl/N-ethyl adjacent to an activating group) is 1. The van der Waals surface area contributed by atoms with Gasteiger partial charge >= 0.3 is 5.97 Å². The van der Waals surface area contributed by atoms with E-state index in [-0.39, 0.29) is 19.1 Å². The maximum absolute atomic E-state index is 12.4. The van der Waals surface area contributed by atoms with Crippen molar-refractivity contribution in [3.63, 3.8) is 0 Å². The third kappa shape index (κ3) is 5.64. The molecular weight excluding hydrogens is 394 g/mol. The molecule has 0 saturated carbocycles. The summed E-state index contributed by atoms with van der Waals surface area (Å²) in [4.78, 5) is 26.2. The number of fused-ring (bicyclic) bond motifs is 1. The summed E-state index contributed by atoms with van der Waals surface area (Å²) in [5, 5.41) is 0.590. The van der Waals surface area contributed by atoms with E-state index in [0.717, 1.165) is 22.6 Å². The first-order valence-corrected chi connectivity index (χ1v) is 9.87. The largest absolute Gasteiger partial charge is 0.494 e. The zero-order valence-electron chi connectivity index (χ0n) is 16.5. The number of rotatable bonds is 7. The highest BCUT2D eigenvalue weighted by atomic mass is 35.5. The Bertz CT molecular complexity index is 868. The molecular formula is C22H24ClNO5. The lowest BCUT2D eigenvalue weighted by Crippen LogP contribution is -2.34. The Balaban J connectivity index is 1.47. The van der Waals surface area contributed by atoms with Gasteiger partial charge in [0.2, 0.25) is 0 Å². The number of halogens is 1. The second-order valence-corrected chi connectivity index (χ2v) is 7.34. The fourth-order valence-electron chi connectivity index (χ4n) is 3.10. The predicted molar refractivity (Wildman–Crippen MR) is 109 cm³/mol. The summed E-state index contributed by atoms with van der Waals surface area (Å²) in [6.45, 7) is 2.87. The smallest absolute Gasteiger partial charge is 0.313 e. The van der Waals surface area contributed by atoms with Crippen LogP contribution >= 0.6 is 11.6 Å². The fourth-order valence-corrected chi connectivity index (χ4v) is 3.29. The summed E-state index contributed by atoms with van der Waals surface area (Å²) in [5.74, 6) is 0.345. The van der Waals surface area contributed by atoms with Gasteiger partial charge in [0.15, 0.2) is 6.61 Å². The van der Waals surface area contributed by atoms with E-state index in [4.69, 9.17) is 25.8 Å². The molecule has 0 spiro atoms. The molecule has 1 atom stereocenters. The minimum absolute atomic E-state index is 0.226. The van der Waals surface area contributed by atoms with Gasteiger partial charge in [-0.15, -0.1) is 0 Å². The number of esters is 1. The normalized spacial score (nSPS) is 15.1. The Morgan fingerprint density at radius 3 is 2.69 bits per heavy atom. The highest BCUT2D eigenvalue weighted by Gasteiger charge is 2.28. The average Bonchev–Trinajstić information content (AvgIpc) is 2.72. The van der Waals surface area contributed by atoms with E-state index in [1.54, 1.807) is 25.2 Å². The maximum atomic E-state index is 12.4. The molecule has 7 heteroatoms. The second-order valence-electron chi connectivity index (χ2n) is 6.90. The van der Waals surface area contributed by atoms with Crippen LogP contribution in [0.1, 0.15) is 18.1 Å². The molecule has 0 saturated heterocycles. The molecule has 0 N–H and O–H groups in total. The van der Waals surface area contributed by atoms with E-state index in [1.165, 1.54) is 4.90 Å². The first-order chi connectivity index (χ1) is 14.0. The van der Waals surface area contributed by atoms with Gasteiger partial charge in [-0.05, 0) is 54.8 Å². The third-order valence-corrected chi connectivity index (χ3v) is 4.92. The number of ether oxygens (including phenoxy) is 3. The topological polar surface area (TPSA) is 65.1 Å². The molecule has 0 fully saturated rings. The Labute approximate surface area is 175 Å². The second kappa shape index (κ2) is 9.65. The lowest BCUT2D eigenvalue weighted by Gasteiger charge is -2.24. The number of carbonyl (C=O) groups is 2. The van der Waals surface area contributed by atoms with Crippen LogP contribution in [0.5, 0.6) is 11.5 Å². The van der Waals surface area contributed by atoms with Crippen LogP contribution in [0.2, 0.25) is 5.02 Å². The van der Waals surface area contributed by atoms with Crippen LogP contribution in [0.4, 0.5) is 0 Å². The lowest BCUT2D eigenvalue weighted by atomic mass is 9.97. The van der Waals surface area contributed by atoms with Crippen LogP contribution in [0.15, 0.2) is 42.5 Å². The molecule has 0 radical (unpaired) electrons. The number of nitrogens with zero attached hydrogens (tertiary/aromatic N) is 1. The molecule has 1 aliphatic heterocycles. The van der Waals surface area contributed by atoms with Crippen molar-refractivity contribution in [1.29, 1.82) is 0 Å². The van der Waals surface area contributed by atoms with Crippen molar-refractivity contribution in [2.75, 3.05) is 26.9 Å². The minimum atomic E-state index is -0.454. The zero-order chi connectivity index (χ0) is 20.8. The van der Waals surface area contributed by atoms with Gasteiger partial charge in [0.25, 0.3) is 5.91 Å². The standard InChI is InChI=1S/C22H24ClNO5/c1-3-27-19-7-4-15(5-8-19)12-24(2)21(25)14-29-22(26)17-10-16-11-18(23)6-9-20(16)28-13-17/h4-9,11,17H,3,10,12-14H2,1-2H3/t17-/m0/s1. The molecule has 154 valence electrons. The van der Waals surface area contributed by atoms with Crippen LogP contribution < -0.4 is 9.47 Å².